The molecule has 3 aliphatic rings. The van der Waals surface area contributed by atoms with Gasteiger partial charge in [0.2, 0.25) is 0 Å². The number of hydrogen-bond acceptors (Lipinski definition) is 8. The number of nitrogens with zero attached hydrogens (tertiary/aromatic N) is 3. The number of hydrogen-bond donors (Lipinski definition) is 0. The molecule has 2 aliphatic carbocycles. The number of aromatic nitrogens is 3. The predicted molar refractivity (Wildman–Crippen MR) is 133 cm³/mol. The van der Waals surface area contributed by atoms with Gasteiger partial charge in [-0.05, 0) is 56.8 Å². The SMILES string of the molecule is Cn1c(=O)n(CCCC(=O)OCC2CCCCC2)c(=O)n(CCCC(=O)OCC2CCC3OC3C2)c1=O. The van der Waals surface area contributed by atoms with E-state index in [9.17, 15) is 24.0 Å². The van der Waals surface area contributed by atoms with Gasteiger partial charge in [-0.3, -0.25) is 9.59 Å². The van der Waals surface area contributed by atoms with Crippen LogP contribution in [-0.2, 0) is 43.9 Å². The molecule has 1 aromatic heterocycles. The zero-order chi connectivity index (χ0) is 26.4. The fourth-order valence-electron chi connectivity index (χ4n) is 5.46. The van der Waals surface area contributed by atoms with Crippen molar-refractivity contribution in [2.24, 2.45) is 18.9 Å². The van der Waals surface area contributed by atoms with E-state index in [1.54, 1.807) is 0 Å². The first-order chi connectivity index (χ1) is 17.8. The van der Waals surface area contributed by atoms with Crippen LogP contribution < -0.4 is 17.1 Å². The van der Waals surface area contributed by atoms with Crippen molar-refractivity contribution >= 4 is 11.9 Å². The molecule has 37 heavy (non-hydrogen) atoms. The average molecular weight is 522 g/mol. The maximum absolute atomic E-state index is 12.9. The normalized spacial score (nSPS) is 23.3. The van der Waals surface area contributed by atoms with E-state index in [0.29, 0.717) is 37.3 Å². The Hall–Kier alpha value is -2.69. The molecule has 2 heterocycles. The van der Waals surface area contributed by atoms with E-state index in [0.717, 1.165) is 45.8 Å². The van der Waals surface area contributed by atoms with E-state index < -0.39 is 17.1 Å². The first kappa shape index (κ1) is 27.3. The van der Waals surface area contributed by atoms with Crippen molar-refractivity contribution in [3.63, 3.8) is 0 Å². The summed E-state index contributed by atoms with van der Waals surface area (Å²) >= 11 is 0. The maximum atomic E-state index is 12.9. The highest BCUT2D eigenvalue weighted by Gasteiger charge is 2.44. The Morgan fingerprint density at radius 1 is 0.757 bits per heavy atom. The van der Waals surface area contributed by atoms with Gasteiger partial charge in [-0.25, -0.2) is 28.1 Å². The summed E-state index contributed by atoms with van der Waals surface area (Å²) in [6, 6.07) is 0. The molecule has 3 unspecified atom stereocenters. The average Bonchev–Trinajstić information content (AvgIpc) is 3.68. The van der Waals surface area contributed by atoms with E-state index in [4.69, 9.17) is 14.2 Å². The van der Waals surface area contributed by atoms with Crippen molar-refractivity contribution in [2.75, 3.05) is 13.2 Å². The molecule has 11 nitrogen and oxygen atoms in total. The number of esters is 2. The molecule has 0 N–H and O–H groups in total. The van der Waals surface area contributed by atoms with Gasteiger partial charge in [-0.2, -0.15) is 0 Å². The summed E-state index contributed by atoms with van der Waals surface area (Å²) in [5.74, 6) is 0.0141. The standard InChI is InChI=1S/C26H39N3O8/c1-27-24(32)28(13-5-9-22(30)35-16-18-7-3-2-4-8-18)26(34)29(25(27)33)14-6-10-23(31)36-17-19-11-12-20-21(15-19)37-20/h18-21H,2-17H2,1H3. The summed E-state index contributed by atoms with van der Waals surface area (Å²) < 4.78 is 19.0. The second-order valence-electron chi connectivity index (χ2n) is 10.7. The van der Waals surface area contributed by atoms with E-state index in [2.05, 4.69) is 0 Å². The van der Waals surface area contributed by atoms with Crippen molar-refractivity contribution in [1.82, 2.24) is 13.7 Å². The molecule has 4 rings (SSSR count). The molecule has 0 radical (unpaired) electrons. The van der Waals surface area contributed by atoms with Crippen molar-refractivity contribution in [1.29, 1.82) is 0 Å². The topological polar surface area (TPSA) is 131 Å². The monoisotopic (exact) mass is 521 g/mol. The second kappa shape index (κ2) is 12.7. The minimum Gasteiger partial charge on any atom is -0.465 e. The fourth-order valence-corrected chi connectivity index (χ4v) is 5.46. The molecule has 1 aliphatic heterocycles. The quantitative estimate of drug-likeness (QED) is 0.299. The van der Waals surface area contributed by atoms with E-state index in [1.807, 2.05) is 0 Å². The highest BCUT2D eigenvalue weighted by atomic mass is 16.6. The van der Waals surface area contributed by atoms with Crippen LogP contribution in [0.2, 0.25) is 0 Å². The highest BCUT2D eigenvalue weighted by molar-refractivity contribution is 5.69. The highest BCUT2D eigenvalue weighted by Crippen LogP contribution is 2.39. The van der Waals surface area contributed by atoms with Crippen LogP contribution >= 0.6 is 0 Å². The molecule has 11 heteroatoms. The number of fused-ring (bicyclic) bond motifs is 1. The Bertz CT molecular complexity index is 1130. The smallest absolute Gasteiger partial charge is 0.336 e. The Labute approximate surface area is 215 Å². The van der Waals surface area contributed by atoms with Crippen LogP contribution in [0.3, 0.4) is 0 Å². The van der Waals surface area contributed by atoms with Crippen molar-refractivity contribution in [3.8, 4) is 0 Å². The Morgan fingerprint density at radius 3 is 1.89 bits per heavy atom. The number of epoxide rings is 1. The molecule has 3 atom stereocenters. The van der Waals surface area contributed by atoms with Gasteiger partial charge in [0.1, 0.15) is 0 Å². The van der Waals surface area contributed by atoms with Crippen LogP contribution in [0, 0.1) is 11.8 Å². The Kier molecular flexibility index (Phi) is 9.39. The van der Waals surface area contributed by atoms with Crippen LogP contribution in [0.25, 0.3) is 0 Å². The lowest BCUT2D eigenvalue weighted by molar-refractivity contribution is -0.146. The first-order valence-electron chi connectivity index (χ1n) is 13.7. The predicted octanol–water partition coefficient (Wildman–Crippen LogP) is 1.50. The molecule has 3 fully saturated rings. The molecule has 0 amide bonds. The van der Waals surface area contributed by atoms with E-state index >= 15 is 0 Å². The Balaban J connectivity index is 1.23. The van der Waals surface area contributed by atoms with Crippen LogP contribution in [0.4, 0.5) is 0 Å². The van der Waals surface area contributed by atoms with Crippen LogP contribution in [0.5, 0.6) is 0 Å². The second-order valence-corrected chi connectivity index (χ2v) is 10.7. The molecule has 0 bridgehead atoms. The first-order valence-corrected chi connectivity index (χ1v) is 13.7. The minimum atomic E-state index is -0.738. The maximum Gasteiger partial charge on any atom is 0.336 e. The number of carbonyl (C=O) groups is 2. The largest absolute Gasteiger partial charge is 0.465 e. The summed E-state index contributed by atoms with van der Waals surface area (Å²) in [5, 5.41) is 0. The van der Waals surface area contributed by atoms with Gasteiger partial charge in [0.15, 0.2) is 0 Å². The zero-order valence-corrected chi connectivity index (χ0v) is 21.7. The van der Waals surface area contributed by atoms with Gasteiger partial charge < -0.3 is 14.2 Å². The summed E-state index contributed by atoms with van der Waals surface area (Å²) in [5.41, 5.74) is -2.19. The lowest BCUT2D eigenvalue weighted by Gasteiger charge is -2.21. The fraction of sp³-hybridized carbons (Fsp3) is 0.808. The minimum absolute atomic E-state index is 0.000684. The summed E-state index contributed by atoms with van der Waals surface area (Å²) in [6.07, 6.45) is 10.00. The van der Waals surface area contributed by atoms with Crippen molar-refractivity contribution in [3.05, 3.63) is 31.5 Å². The number of ether oxygens (including phenoxy) is 3. The molecule has 2 saturated carbocycles. The zero-order valence-electron chi connectivity index (χ0n) is 21.7. The van der Waals surface area contributed by atoms with Gasteiger partial charge in [0.05, 0.1) is 25.4 Å². The molecule has 206 valence electrons. The molecule has 1 aromatic rings. The third-order valence-corrected chi connectivity index (χ3v) is 7.82. The van der Waals surface area contributed by atoms with E-state index in [1.165, 1.54) is 26.3 Å². The molecule has 1 saturated heterocycles. The lowest BCUT2D eigenvalue weighted by atomic mass is 9.90. The van der Waals surface area contributed by atoms with Gasteiger partial charge in [-0.1, -0.05) is 19.3 Å². The molecule has 0 spiro atoms. The van der Waals surface area contributed by atoms with Gasteiger partial charge in [-0.15, -0.1) is 0 Å². The third kappa shape index (κ3) is 7.43. The van der Waals surface area contributed by atoms with Crippen LogP contribution in [-0.4, -0.2) is 51.1 Å². The molecule has 0 aromatic carbocycles. The van der Waals surface area contributed by atoms with E-state index in [-0.39, 0.29) is 50.7 Å². The Morgan fingerprint density at radius 2 is 1.32 bits per heavy atom. The molecular weight excluding hydrogens is 482 g/mol. The summed E-state index contributed by atoms with van der Waals surface area (Å²) in [6.45, 7) is 0.773. The number of carbonyl (C=O) groups excluding carboxylic acids is 2. The summed E-state index contributed by atoms with van der Waals surface area (Å²) in [7, 11) is 1.31. The third-order valence-electron chi connectivity index (χ3n) is 7.82. The van der Waals surface area contributed by atoms with Gasteiger partial charge in [0.25, 0.3) is 0 Å². The van der Waals surface area contributed by atoms with Crippen LogP contribution in [0.15, 0.2) is 14.4 Å². The lowest BCUT2D eigenvalue weighted by Crippen LogP contribution is -2.53. The summed E-state index contributed by atoms with van der Waals surface area (Å²) in [4.78, 5) is 62.2. The number of rotatable bonds is 12. The van der Waals surface area contributed by atoms with Gasteiger partial charge in [0, 0.05) is 33.0 Å². The van der Waals surface area contributed by atoms with Gasteiger partial charge >= 0.3 is 29.0 Å². The molecular formula is C26H39N3O8. The van der Waals surface area contributed by atoms with Crippen LogP contribution in [0.1, 0.15) is 77.0 Å². The van der Waals surface area contributed by atoms with Crippen molar-refractivity contribution < 1.29 is 23.8 Å². The van der Waals surface area contributed by atoms with Crippen molar-refractivity contribution in [2.45, 2.75) is 102 Å².